The van der Waals surface area contributed by atoms with Gasteiger partial charge in [0.25, 0.3) is 0 Å². The first-order valence-electron chi connectivity index (χ1n) is 6.35. The molecule has 2 atom stereocenters. The minimum Gasteiger partial charge on any atom is -0.491 e. The molecule has 1 N–H and O–H groups in total. The molecule has 3 rings (SSSR count). The van der Waals surface area contributed by atoms with Crippen LogP contribution < -0.4 is 4.74 Å². The molecule has 0 radical (unpaired) electrons. The number of likely N-dealkylation sites (N-methyl/N-ethyl adjacent to an activating group) is 1. The summed E-state index contributed by atoms with van der Waals surface area (Å²) in [5, 5.41) is 9.81. The molecule has 18 heavy (non-hydrogen) atoms. The van der Waals surface area contributed by atoms with Crippen LogP contribution in [-0.2, 0) is 11.2 Å². The third kappa shape index (κ3) is 1.77. The second kappa shape index (κ2) is 4.28. The van der Waals surface area contributed by atoms with E-state index in [1.807, 2.05) is 18.2 Å². The average molecular weight is 247 g/mol. The van der Waals surface area contributed by atoms with Gasteiger partial charge in [0.15, 0.2) is 0 Å². The molecule has 0 saturated carbocycles. The number of carbonyl (C=O) groups is 1. The summed E-state index contributed by atoms with van der Waals surface area (Å²) >= 11 is 0. The highest BCUT2D eigenvalue weighted by atomic mass is 16.5. The van der Waals surface area contributed by atoms with Gasteiger partial charge in [-0.3, -0.25) is 4.79 Å². The molecule has 2 aliphatic rings. The lowest BCUT2D eigenvalue weighted by Gasteiger charge is -2.37. The van der Waals surface area contributed by atoms with Gasteiger partial charge in [0.1, 0.15) is 12.4 Å². The number of likely N-dealkylation sites (tertiary alicyclic amines) is 1. The highest BCUT2D eigenvalue weighted by molar-refractivity contribution is 5.82. The number of β-lactam (4-membered cyclic amide) rings is 1. The van der Waals surface area contributed by atoms with Crippen molar-refractivity contribution in [3.63, 3.8) is 0 Å². The van der Waals surface area contributed by atoms with Crippen molar-refractivity contribution in [2.24, 2.45) is 0 Å². The fourth-order valence-electron chi connectivity index (χ4n) is 2.66. The van der Waals surface area contributed by atoms with Crippen molar-refractivity contribution in [3.05, 3.63) is 29.3 Å². The normalized spacial score (nSPS) is 25.9. The molecule has 1 aromatic rings. The van der Waals surface area contributed by atoms with E-state index in [4.69, 9.17) is 4.74 Å². The van der Waals surface area contributed by atoms with Crippen LogP contribution in [0.5, 0.6) is 5.75 Å². The summed E-state index contributed by atoms with van der Waals surface area (Å²) in [7, 11) is 1.80. The van der Waals surface area contributed by atoms with Crippen LogP contribution in [0.25, 0.3) is 0 Å². The Morgan fingerprint density at radius 1 is 1.50 bits per heavy atom. The molecule has 96 valence electrons. The Morgan fingerprint density at radius 2 is 2.33 bits per heavy atom. The minimum absolute atomic E-state index is 0.178. The molecule has 0 spiro atoms. The molecule has 2 unspecified atom stereocenters. The summed E-state index contributed by atoms with van der Waals surface area (Å²) in [4.78, 5) is 12.8. The lowest BCUT2D eigenvalue weighted by molar-refractivity contribution is -0.144. The van der Waals surface area contributed by atoms with Gasteiger partial charge in [-0.2, -0.15) is 0 Å². The van der Waals surface area contributed by atoms with Gasteiger partial charge in [-0.25, -0.2) is 0 Å². The van der Waals surface area contributed by atoms with E-state index in [2.05, 4.69) is 0 Å². The Kier molecular flexibility index (Phi) is 2.74. The van der Waals surface area contributed by atoms with Gasteiger partial charge in [0.05, 0.1) is 18.6 Å². The summed E-state index contributed by atoms with van der Waals surface area (Å²) in [5.41, 5.74) is 2.11. The maximum absolute atomic E-state index is 11.1. The van der Waals surface area contributed by atoms with Crippen LogP contribution in [0.2, 0.25) is 0 Å². The third-order valence-corrected chi connectivity index (χ3v) is 3.98. The number of hydrogen-bond acceptors (Lipinski definition) is 3. The van der Waals surface area contributed by atoms with Crippen molar-refractivity contribution in [1.82, 2.24) is 4.90 Å². The molecule has 1 saturated heterocycles. The van der Waals surface area contributed by atoms with Crippen molar-refractivity contribution in [2.45, 2.75) is 31.4 Å². The van der Waals surface area contributed by atoms with E-state index >= 15 is 0 Å². The van der Waals surface area contributed by atoms with Crippen molar-refractivity contribution >= 4 is 5.91 Å². The zero-order chi connectivity index (χ0) is 12.7. The van der Waals surface area contributed by atoms with Crippen LogP contribution in [0.3, 0.4) is 0 Å². The second-order valence-corrected chi connectivity index (χ2v) is 5.05. The van der Waals surface area contributed by atoms with Crippen molar-refractivity contribution in [1.29, 1.82) is 0 Å². The van der Waals surface area contributed by atoms with E-state index in [1.165, 1.54) is 0 Å². The van der Waals surface area contributed by atoms with E-state index in [-0.39, 0.29) is 18.1 Å². The highest BCUT2D eigenvalue weighted by Crippen LogP contribution is 2.36. The van der Waals surface area contributed by atoms with E-state index < -0.39 is 0 Å². The summed E-state index contributed by atoms with van der Waals surface area (Å²) < 4.78 is 5.81. The van der Waals surface area contributed by atoms with Crippen molar-refractivity contribution in [3.8, 4) is 5.75 Å². The van der Waals surface area contributed by atoms with Gasteiger partial charge < -0.3 is 14.7 Å². The minimum atomic E-state index is -0.350. The first kappa shape index (κ1) is 11.5. The number of ether oxygens (including phenoxy) is 1. The summed E-state index contributed by atoms with van der Waals surface area (Å²) in [5.74, 6) is 1.04. The van der Waals surface area contributed by atoms with E-state index in [0.29, 0.717) is 13.0 Å². The monoisotopic (exact) mass is 247 g/mol. The number of carbonyl (C=O) groups excluding carboxylic acids is 1. The first-order chi connectivity index (χ1) is 8.66. The van der Waals surface area contributed by atoms with Crippen LogP contribution in [0, 0.1) is 0 Å². The molecular weight excluding hydrogens is 230 g/mol. The summed E-state index contributed by atoms with van der Waals surface area (Å²) in [6.45, 7) is 0.536. The smallest absolute Gasteiger partial charge is 0.224 e. The summed E-state index contributed by atoms with van der Waals surface area (Å²) in [6, 6.07) is 6.01. The number of aliphatic hydroxyl groups excluding tert-OH is 1. The van der Waals surface area contributed by atoms with Crippen molar-refractivity contribution in [2.75, 3.05) is 13.7 Å². The summed E-state index contributed by atoms with van der Waals surface area (Å²) in [6.07, 6.45) is 1.87. The van der Waals surface area contributed by atoms with Gasteiger partial charge in [0.2, 0.25) is 5.91 Å². The Hall–Kier alpha value is -1.55. The standard InChI is InChI=1S/C14H17NO3/c1-15-9(7-14(15)17)8-18-13-4-2-3-10-11(13)5-6-12(10)16/h2-4,9,12,16H,5-8H2,1H3. The molecule has 4 heteroatoms. The quantitative estimate of drug-likeness (QED) is 0.818. The maximum Gasteiger partial charge on any atom is 0.224 e. The number of nitrogens with zero attached hydrogens (tertiary/aromatic N) is 1. The van der Waals surface area contributed by atoms with Crippen LogP contribution in [0.15, 0.2) is 18.2 Å². The van der Waals surface area contributed by atoms with Crippen LogP contribution >= 0.6 is 0 Å². The predicted molar refractivity (Wildman–Crippen MR) is 66.4 cm³/mol. The molecule has 1 fully saturated rings. The second-order valence-electron chi connectivity index (χ2n) is 5.05. The Bertz CT molecular complexity index is 486. The number of aliphatic hydroxyl groups is 1. The molecule has 4 nitrogen and oxygen atoms in total. The number of amides is 1. The largest absolute Gasteiger partial charge is 0.491 e. The lowest BCUT2D eigenvalue weighted by atomic mass is 10.0. The van der Waals surface area contributed by atoms with Crippen LogP contribution in [0.1, 0.15) is 30.1 Å². The first-order valence-corrected chi connectivity index (χ1v) is 6.35. The topological polar surface area (TPSA) is 49.8 Å². The van der Waals surface area contributed by atoms with E-state index in [1.54, 1.807) is 11.9 Å². The maximum atomic E-state index is 11.1. The Balaban J connectivity index is 1.69. The van der Waals surface area contributed by atoms with Gasteiger partial charge in [-0.15, -0.1) is 0 Å². The van der Waals surface area contributed by atoms with Gasteiger partial charge in [-0.05, 0) is 24.5 Å². The fourth-order valence-corrected chi connectivity index (χ4v) is 2.66. The predicted octanol–water partition coefficient (Wildman–Crippen LogP) is 1.28. The average Bonchev–Trinajstić information content (AvgIpc) is 2.76. The Morgan fingerprint density at radius 3 is 3.06 bits per heavy atom. The Labute approximate surface area is 106 Å². The van der Waals surface area contributed by atoms with Gasteiger partial charge in [-0.1, -0.05) is 12.1 Å². The van der Waals surface area contributed by atoms with Gasteiger partial charge in [0, 0.05) is 12.6 Å². The number of benzene rings is 1. The molecule has 1 aliphatic heterocycles. The van der Waals surface area contributed by atoms with E-state index in [9.17, 15) is 9.90 Å². The van der Waals surface area contributed by atoms with Crippen LogP contribution in [0.4, 0.5) is 0 Å². The number of fused-ring (bicyclic) bond motifs is 1. The molecule has 1 heterocycles. The number of rotatable bonds is 3. The SMILES string of the molecule is CN1C(=O)CC1COc1cccc2c1CCC2O. The molecule has 0 bridgehead atoms. The van der Waals surface area contributed by atoms with E-state index in [0.717, 1.165) is 29.7 Å². The highest BCUT2D eigenvalue weighted by Gasteiger charge is 2.33. The third-order valence-electron chi connectivity index (χ3n) is 3.98. The molecule has 1 aliphatic carbocycles. The molecule has 0 aromatic heterocycles. The van der Waals surface area contributed by atoms with Crippen LogP contribution in [-0.4, -0.2) is 35.6 Å². The number of hydrogen-bond donors (Lipinski definition) is 1. The molecular formula is C14H17NO3. The fraction of sp³-hybridized carbons (Fsp3) is 0.500. The van der Waals surface area contributed by atoms with Gasteiger partial charge >= 0.3 is 0 Å². The lowest BCUT2D eigenvalue weighted by Crippen LogP contribution is -2.52. The molecule has 1 amide bonds. The molecule has 1 aromatic carbocycles. The van der Waals surface area contributed by atoms with Crippen molar-refractivity contribution < 1.29 is 14.6 Å². The zero-order valence-corrected chi connectivity index (χ0v) is 10.4. The zero-order valence-electron chi connectivity index (χ0n) is 10.4.